The lowest BCUT2D eigenvalue weighted by Gasteiger charge is -2.27. The van der Waals surface area contributed by atoms with E-state index in [0.29, 0.717) is 18.2 Å². The summed E-state index contributed by atoms with van der Waals surface area (Å²) in [7, 11) is 0. The van der Waals surface area contributed by atoms with Gasteiger partial charge in [0, 0.05) is 57.7 Å². The van der Waals surface area contributed by atoms with Crippen LogP contribution in [-0.4, -0.2) is 76.1 Å². The molecule has 0 aliphatic carbocycles. The minimum absolute atomic E-state index is 0.0109. The van der Waals surface area contributed by atoms with E-state index in [-0.39, 0.29) is 12.5 Å². The second-order valence-corrected chi connectivity index (χ2v) is 9.54. The van der Waals surface area contributed by atoms with Gasteiger partial charge in [-0.05, 0) is 48.4 Å². The fourth-order valence-corrected chi connectivity index (χ4v) is 5.03. The summed E-state index contributed by atoms with van der Waals surface area (Å²) in [6, 6.07) is 16.3. The fraction of sp³-hybridized carbons (Fsp3) is 0.333. The summed E-state index contributed by atoms with van der Waals surface area (Å²) in [4.78, 5) is 30.9. The Morgan fingerprint density at radius 3 is 2.59 bits per heavy atom. The third-order valence-electron chi connectivity index (χ3n) is 6.96. The number of carbonyl (C=O) groups is 1. The third kappa shape index (κ3) is 4.85. The molecule has 0 radical (unpaired) electrons. The van der Waals surface area contributed by atoms with Crippen LogP contribution in [-0.2, 0) is 11.3 Å². The minimum Gasteiger partial charge on any atom is -0.383 e. The molecule has 2 saturated heterocycles. The number of benzene rings is 1. The van der Waals surface area contributed by atoms with E-state index >= 15 is 0 Å². The van der Waals surface area contributed by atoms with Crippen molar-refractivity contribution >= 4 is 28.7 Å². The molecule has 5 heterocycles. The van der Waals surface area contributed by atoms with E-state index in [2.05, 4.69) is 44.8 Å². The van der Waals surface area contributed by atoms with E-state index in [4.69, 9.17) is 15.7 Å². The van der Waals surface area contributed by atoms with Gasteiger partial charge in [0.25, 0.3) is 0 Å². The Kier molecular flexibility index (Phi) is 6.42. The Balaban J connectivity index is 1.43. The van der Waals surface area contributed by atoms with E-state index in [1.807, 2.05) is 33.7 Å². The Bertz CT molecular complexity index is 1410. The van der Waals surface area contributed by atoms with Crippen molar-refractivity contribution in [2.24, 2.45) is 0 Å². The normalized spacial score (nSPS) is 17.1. The van der Waals surface area contributed by atoms with Crippen LogP contribution < -0.4 is 21.3 Å². The van der Waals surface area contributed by atoms with Gasteiger partial charge in [-0.25, -0.2) is 15.0 Å². The highest BCUT2D eigenvalue weighted by molar-refractivity contribution is 5.85. The van der Waals surface area contributed by atoms with Gasteiger partial charge in [0.05, 0.1) is 12.1 Å². The quantitative estimate of drug-likeness (QED) is 0.382. The maximum atomic E-state index is 12.2. The van der Waals surface area contributed by atoms with Gasteiger partial charge in [-0.2, -0.15) is 0 Å². The first-order chi connectivity index (χ1) is 18.2. The second-order valence-electron chi connectivity index (χ2n) is 9.54. The molecule has 2 aliphatic rings. The number of hydrogen-bond acceptors (Lipinski definition) is 8. The Morgan fingerprint density at radius 2 is 1.78 bits per heavy atom. The van der Waals surface area contributed by atoms with Gasteiger partial charge in [0.15, 0.2) is 11.5 Å². The molecule has 2 fully saturated rings. The summed E-state index contributed by atoms with van der Waals surface area (Å²) < 4.78 is 2.04. The Labute approximate surface area is 215 Å². The zero-order valence-corrected chi connectivity index (χ0v) is 20.7. The zero-order valence-electron chi connectivity index (χ0n) is 20.7. The number of imidazole rings is 1. The second kappa shape index (κ2) is 10.2. The van der Waals surface area contributed by atoms with Crippen LogP contribution >= 0.6 is 0 Å². The third-order valence-corrected chi connectivity index (χ3v) is 6.96. The number of pyridine rings is 2. The SMILES string of the molecule is Nc1ncccc1-c1nc2ccc(N3CCCNC(=O)C3)nc2n1-c1ccc(CN2CCNCC2)cc1. The lowest BCUT2D eigenvalue weighted by atomic mass is 10.1. The summed E-state index contributed by atoms with van der Waals surface area (Å²) in [5, 5.41) is 6.34. The molecule has 37 heavy (non-hydrogen) atoms. The van der Waals surface area contributed by atoms with Crippen molar-refractivity contribution in [3.05, 3.63) is 60.3 Å². The molecule has 10 nitrogen and oxygen atoms in total. The van der Waals surface area contributed by atoms with Crippen LogP contribution in [0, 0.1) is 0 Å². The van der Waals surface area contributed by atoms with Crippen molar-refractivity contribution in [2.45, 2.75) is 13.0 Å². The van der Waals surface area contributed by atoms with Gasteiger partial charge in [-0.1, -0.05) is 12.1 Å². The smallest absolute Gasteiger partial charge is 0.239 e. The van der Waals surface area contributed by atoms with Gasteiger partial charge in [-0.15, -0.1) is 0 Å². The highest BCUT2D eigenvalue weighted by Crippen LogP contribution is 2.31. The van der Waals surface area contributed by atoms with Crippen LogP contribution in [0.5, 0.6) is 0 Å². The predicted octanol–water partition coefficient (Wildman–Crippen LogP) is 1.80. The first-order valence-electron chi connectivity index (χ1n) is 12.8. The van der Waals surface area contributed by atoms with E-state index in [1.54, 1.807) is 6.20 Å². The molecule has 1 amide bonds. The highest BCUT2D eigenvalue weighted by atomic mass is 16.2. The number of amides is 1. The van der Waals surface area contributed by atoms with Gasteiger partial charge in [0.2, 0.25) is 5.91 Å². The predicted molar refractivity (Wildman–Crippen MR) is 144 cm³/mol. The van der Waals surface area contributed by atoms with E-state index in [0.717, 1.165) is 73.9 Å². The van der Waals surface area contributed by atoms with Crippen LogP contribution in [0.1, 0.15) is 12.0 Å². The number of piperazine rings is 1. The first-order valence-corrected chi connectivity index (χ1v) is 12.8. The number of carbonyl (C=O) groups excluding carboxylic acids is 1. The highest BCUT2D eigenvalue weighted by Gasteiger charge is 2.21. The van der Waals surface area contributed by atoms with Crippen molar-refractivity contribution in [3.63, 3.8) is 0 Å². The number of nitrogens with two attached hydrogens (primary N) is 1. The summed E-state index contributed by atoms with van der Waals surface area (Å²) in [6.07, 6.45) is 2.55. The summed E-state index contributed by atoms with van der Waals surface area (Å²) in [5.74, 6) is 1.87. The Hall–Kier alpha value is -4.02. The van der Waals surface area contributed by atoms with Crippen molar-refractivity contribution in [1.82, 2.24) is 35.1 Å². The first kappa shape index (κ1) is 23.4. The number of nitrogen functional groups attached to an aromatic ring is 1. The van der Waals surface area contributed by atoms with Gasteiger partial charge >= 0.3 is 0 Å². The van der Waals surface area contributed by atoms with Crippen molar-refractivity contribution in [2.75, 3.05) is 56.4 Å². The van der Waals surface area contributed by atoms with Crippen LogP contribution in [0.2, 0.25) is 0 Å². The van der Waals surface area contributed by atoms with E-state index in [1.165, 1.54) is 5.56 Å². The van der Waals surface area contributed by atoms with E-state index in [9.17, 15) is 4.79 Å². The number of nitrogens with zero attached hydrogens (tertiary/aromatic N) is 6. The number of nitrogens with one attached hydrogen (secondary N) is 2. The minimum atomic E-state index is 0.0109. The van der Waals surface area contributed by atoms with E-state index < -0.39 is 0 Å². The van der Waals surface area contributed by atoms with Crippen LogP contribution in [0.3, 0.4) is 0 Å². The lowest BCUT2D eigenvalue weighted by Crippen LogP contribution is -2.42. The monoisotopic (exact) mass is 497 g/mol. The van der Waals surface area contributed by atoms with Crippen LogP contribution in [0.25, 0.3) is 28.2 Å². The zero-order chi connectivity index (χ0) is 25.2. The average molecular weight is 498 g/mol. The molecule has 0 atom stereocenters. The molecular weight excluding hydrogens is 466 g/mol. The van der Waals surface area contributed by atoms with Crippen LogP contribution in [0.15, 0.2) is 54.7 Å². The average Bonchev–Trinajstić information content (AvgIpc) is 3.16. The largest absolute Gasteiger partial charge is 0.383 e. The fourth-order valence-electron chi connectivity index (χ4n) is 5.03. The number of anilines is 2. The maximum Gasteiger partial charge on any atom is 0.239 e. The van der Waals surface area contributed by atoms with Crippen molar-refractivity contribution < 1.29 is 4.79 Å². The van der Waals surface area contributed by atoms with Gasteiger partial charge in [-0.3, -0.25) is 14.3 Å². The van der Waals surface area contributed by atoms with Crippen LogP contribution in [0.4, 0.5) is 11.6 Å². The molecule has 0 spiro atoms. The standard InChI is InChI=1S/C27H31N9O/c28-25-21(3-1-10-31-25)26-32-22-8-9-23(35-14-2-11-30-24(37)18-35)33-27(22)36(26)20-6-4-19(5-7-20)17-34-15-12-29-13-16-34/h1,3-10,29H,2,11-18H2,(H2,28,31)(H,30,37). The molecular formula is C27H31N9O. The number of aromatic nitrogens is 4. The van der Waals surface area contributed by atoms with Crippen molar-refractivity contribution in [1.29, 1.82) is 0 Å². The van der Waals surface area contributed by atoms with Gasteiger partial charge < -0.3 is 21.3 Å². The summed E-state index contributed by atoms with van der Waals surface area (Å²) in [5.41, 5.74) is 10.7. The topological polar surface area (TPSA) is 117 Å². The molecule has 190 valence electrons. The molecule has 2 aliphatic heterocycles. The molecule has 0 bridgehead atoms. The molecule has 10 heteroatoms. The number of rotatable bonds is 5. The summed E-state index contributed by atoms with van der Waals surface area (Å²) >= 11 is 0. The molecule has 3 aromatic heterocycles. The Morgan fingerprint density at radius 1 is 0.946 bits per heavy atom. The molecule has 4 N–H and O–H groups in total. The molecule has 6 rings (SSSR count). The summed E-state index contributed by atoms with van der Waals surface area (Å²) in [6.45, 7) is 6.82. The molecule has 4 aromatic rings. The molecule has 1 aromatic carbocycles. The number of fused-ring (bicyclic) bond motifs is 1. The van der Waals surface area contributed by atoms with Gasteiger partial charge in [0.1, 0.15) is 17.2 Å². The molecule has 0 unspecified atom stereocenters. The molecule has 0 saturated carbocycles. The maximum absolute atomic E-state index is 12.2. The number of hydrogen-bond donors (Lipinski definition) is 3. The van der Waals surface area contributed by atoms with Crippen molar-refractivity contribution in [3.8, 4) is 17.1 Å². The lowest BCUT2D eigenvalue weighted by molar-refractivity contribution is -0.119.